The Morgan fingerprint density at radius 3 is 2.38 bits per heavy atom. The number of benzene rings is 1. The Morgan fingerprint density at radius 2 is 1.79 bits per heavy atom. The van der Waals surface area contributed by atoms with Crippen molar-refractivity contribution in [3.05, 3.63) is 29.8 Å². The van der Waals surface area contributed by atoms with Crippen molar-refractivity contribution < 1.29 is 4.79 Å². The molecule has 6 heteroatoms. The number of hydrogen-bond donors (Lipinski definition) is 3. The van der Waals surface area contributed by atoms with Gasteiger partial charge in [0.1, 0.15) is 0 Å². The van der Waals surface area contributed by atoms with Crippen molar-refractivity contribution in [1.29, 1.82) is 0 Å². The Labute approximate surface area is 144 Å². The minimum absolute atomic E-state index is 0.112. The summed E-state index contributed by atoms with van der Waals surface area (Å²) >= 11 is 0. The van der Waals surface area contributed by atoms with Crippen molar-refractivity contribution in [3.8, 4) is 0 Å². The molecule has 1 aliphatic rings. The van der Waals surface area contributed by atoms with Crippen LogP contribution in [-0.4, -0.2) is 36.0 Å². The van der Waals surface area contributed by atoms with E-state index in [9.17, 15) is 4.79 Å². The Hall–Kier alpha value is -2.24. The highest BCUT2D eigenvalue weighted by Gasteiger charge is 2.10. The molecule has 1 aromatic carbocycles. The summed E-state index contributed by atoms with van der Waals surface area (Å²) in [5, 5.41) is 5.60. The SMILES string of the molecule is CC(C)NC(=O)Nc1ccc(CN=C(N)N2CCCCCC2)cc1. The Balaban J connectivity index is 1.86. The Bertz CT molecular complexity index is 545. The lowest BCUT2D eigenvalue weighted by Gasteiger charge is -2.21. The summed E-state index contributed by atoms with van der Waals surface area (Å²) in [5.74, 6) is 0.635. The first-order valence-corrected chi connectivity index (χ1v) is 8.76. The third-order valence-corrected chi connectivity index (χ3v) is 3.99. The van der Waals surface area contributed by atoms with E-state index >= 15 is 0 Å². The maximum Gasteiger partial charge on any atom is 0.319 e. The average Bonchev–Trinajstić information content (AvgIpc) is 2.82. The highest BCUT2D eigenvalue weighted by Crippen LogP contribution is 2.12. The van der Waals surface area contributed by atoms with Crippen LogP contribution >= 0.6 is 0 Å². The van der Waals surface area contributed by atoms with Gasteiger partial charge in [-0.15, -0.1) is 0 Å². The number of nitrogens with two attached hydrogens (primary N) is 1. The second-order valence-electron chi connectivity index (χ2n) is 6.53. The Morgan fingerprint density at radius 1 is 1.17 bits per heavy atom. The van der Waals surface area contributed by atoms with Crippen LogP contribution in [-0.2, 0) is 6.54 Å². The maximum absolute atomic E-state index is 11.7. The lowest BCUT2D eigenvalue weighted by atomic mass is 10.2. The highest BCUT2D eigenvalue weighted by atomic mass is 16.2. The molecular weight excluding hydrogens is 302 g/mol. The number of likely N-dealkylation sites (tertiary alicyclic amines) is 1. The van der Waals surface area contributed by atoms with Crippen molar-refractivity contribution in [2.24, 2.45) is 10.7 Å². The van der Waals surface area contributed by atoms with Gasteiger partial charge in [0.15, 0.2) is 5.96 Å². The number of aliphatic imine (C=N–C) groups is 1. The first kappa shape index (κ1) is 18.1. The quantitative estimate of drug-likeness (QED) is 0.586. The van der Waals surface area contributed by atoms with Gasteiger partial charge in [0, 0.05) is 24.8 Å². The fraction of sp³-hybridized carbons (Fsp3) is 0.556. The fourth-order valence-electron chi connectivity index (χ4n) is 2.69. The largest absolute Gasteiger partial charge is 0.370 e. The number of carbonyl (C=O) groups is 1. The summed E-state index contributed by atoms with van der Waals surface area (Å²) in [6.45, 7) is 6.41. The first-order chi connectivity index (χ1) is 11.5. The third kappa shape index (κ3) is 6.10. The number of guanidine groups is 1. The maximum atomic E-state index is 11.7. The van der Waals surface area contributed by atoms with Crippen LogP contribution in [0.4, 0.5) is 10.5 Å². The summed E-state index contributed by atoms with van der Waals surface area (Å²) in [4.78, 5) is 18.3. The van der Waals surface area contributed by atoms with Gasteiger partial charge in [-0.3, -0.25) is 0 Å². The zero-order valence-electron chi connectivity index (χ0n) is 14.7. The Kier molecular flexibility index (Phi) is 6.90. The van der Waals surface area contributed by atoms with Gasteiger partial charge in [0.05, 0.1) is 6.54 Å². The summed E-state index contributed by atoms with van der Waals surface area (Å²) in [6.07, 6.45) is 4.94. The molecule has 1 aromatic rings. The van der Waals surface area contributed by atoms with E-state index in [4.69, 9.17) is 5.73 Å². The van der Waals surface area contributed by atoms with Crippen LogP contribution in [0.3, 0.4) is 0 Å². The van der Waals surface area contributed by atoms with Gasteiger partial charge in [-0.25, -0.2) is 9.79 Å². The highest BCUT2D eigenvalue weighted by molar-refractivity contribution is 5.89. The molecule has 0 saturated carbocycles. The van der Waals surface area contributed by atoms with Crippen LogP contribution in [0.25, 0.3) is 0 Å². The predicted octanol–water partition coefficient (Wildman–Crippen LogP) is 2.91. The van der Waals surface area contributed by atoms with Crippen molar-refractivity contribution in [1.82, 2.24) is 10.2 Å². The molecule has 0 atom stereocenters. The van der Waals surface area contributed by atoms with Gasteiger partial charge in [0.25, 0.3) is 0 Å². The summed E-state index contributed by atoms with van der Waals surface area (Å²) in [7, 11) is 0. The molecule has 132 valence electrons. The molecule has 1 fully saturated rings. The van der Waals surface area contributed by atoms with Gasteiger partial charge >= 0.3 is 6.03 Å². The lowest BCUT2D eigenvalue weighted by Crippen LogP contribution is -2.38. The van der Waals surface area contributed by atoms with Crippen molar-refractivity contribution >= 4 is 17.7 Å². The monoisotopic (exact) mass is 331 g/mol. The van der Waals surface area contributed by atoms with E-state index in [0.29, 0.717) is 12.5 Å². The minimum Gasteiger partial charge on any atom is -0.370 e. The molecule has 0 bridgehead atoms. The molecule has 0 unspecified atom stereocenters. The van der Waals surface area contributed by atoms with Crippen LogP contribution in [0.5, 0.6) is 0 Å². The van der Waals surface area contributed by atoms with Crippen LogP contribution in [0.1, 0.15) is 45.1 Å². The van der Waals surface area contributed by atoms with E-state index in [0.717, 1.165) is 24.3 Å². The third-order valence-electron chi connectivity index (χ3n) is 3.99. The van der Waals surface area contributed by atoms with E-state index in [1.807, 2.05) is 38.1 Å². The number of anilines is 1. The molecule has 0 aliphatic carbocycles. The van der Waals surface area contributed by atoms with Gasteiger partial charge in [-0.1, -0.05) is 25.0 Å². The smallest absolute Gasteiger partial charge is 0.319 e. The number of amides is 2. The van der Waals surface area contributed by atoms with E-state index in [1.165, 1.54) is 25.7 Å². The van der Waals surface area contributed by atoms with Crippen LogP contribution < -0.4 is 16.4 Å². The standard InChI is InChI=1S/C18H29N5O/c1-14(2)21-18(24)22-16-9-7-15(8-10-16)13-20-17(19)23-11-5-3-4-6-12-23/h7-10,14H,3-6,11-13H2,1-2H3,(H2,19,20)(H2,21,22,24). The summed E-state index contributed by atoms with van der Waals surface area (Å²) in [5.41, 5.74) is 7.96. The number of carbonyl (C=O) groups excluding carboxylic acids is 1. The molecule has 1 saturated heterocycles. The second-order valence-corrected chi connectivity index (χ2v) is 6.53. The molecule has 4 N–H and O–H groups in total. The predicted molar refractivity (Wildman–Crippen MR) is 99.1 cm³/mol. The van der Waals surface area contributed by atoms with Crippen LogP contribution in [0, 0.1) is 0 Å². The first-order valence-electron chi connectivity index (χ1n) is 8.76. The molecule has 2 amide bonds. The minimum atomic E-state index is -0.193. The van der Waals surface area contributed by atoms with Gasteiger partial charge in [0.2, 0.25) is 0 Å². The molecule has 0 aromatic heterocycles. The molecule has 1 aliphatic heterocycles. The number of nitrogens with zero attached hydrogens (tertiary/aromatic N) is 2. The zero-order valence-corrected chi connectivity index (χ0v) is 14.7. The van der Waals surface area contributed by atoms with Gasteiger partial charge in [-0.05, 0) is 44.4 Å². The van der Waals surface area contributed by atoms with E-state index < -0.39 is 0 Å². The number of nitrogens with one attached hydrogen (secondary N) is 2. The fourth-order valence-corrected chi connectivity index (χ4v) is 2.69. The topological polar surface area (TPSA) is 82.8 Å². The molecular formula is C18H29N5O. The van der Waals surface area contributed by atoms with Crippen molar-refractivity contribution in [3.63, 3.8) is 0 Å². The van der Waals surface area contributed by atoms with Crippen LogP contribution in [0.15, 0.2) is 29.3 Å². The number of rotatable bonds is 4. The lowest BCUT2D eigenvalue weighted by molar-refractivity contribution is 0.250. The summed E-state index contributed by atoms with van der Waals surface area (Å²) < 4.78 is 0. The molecule has 24 heavy (non-hydrogen) atoms. The summed E-state index contributed by atoms with van der Waals surface area (Å²) in [6, 6.07) is 7.61. The number of hydrogen-bond acceptors (Lipinski definition) is 2. The van der Waals surface area contributed by atoms with E-state index in [-0.39, 0.29) is 12.1 Å². The molecule has 0 radical (unpaired) electrons. The zero-order chi connectivity index (χ0) is 17.4. The molecule has 1 heterocycles. The van der Waals surface area contributed by atoms with Crippen molar-refractivity contribution in [2.75, 3.05) is 18.4 Å². The van der Waals surface area contributed by atoms with E-state index in [1.54, 1.807) is 0 Å². The van der Waals surface area contributed by atoms with Gasteiger partial charge < -0.3 is 21.3 Å². The normalized spacial score (nSPS) is 16.0. The van der Waals surface area contributed by atoms with Crippen molar-refractivity contribution in [2.45, 2.75) is 52.1 Å². The second kappa shape index (κ2) is 9.15. The van der Waals surface area contributed by atoms with E-state index in [2.05, 4.69) is 20.5 Å². The molecule has 0 spiro atoms. The van der Waals surface area contributed by atoms with Crippen LogP contribution in [0.2, 0.25) is 0 Å². The molecule has 6 nitrogen and oxygen atoms in total. The number of urea groups is 1. The molecule has 2 rings (SSSR count). The average molecular weight is 331 g/mol. The van der Waals surface area contributed by atoms with Gasteiger partial charge in [-0.2, -0.15) is 0 Å².